The lowest BCUT2D eigenvalue weighted by molar-refractivity contribution is 0.0686. The summed E-state index contributed by atoms with van der Waals surface area (Å²) in [7, 11) is 0. The monoisotopic (exact) mass is 384 g/mol. The van der Waals surface area contributed by atoms with E-state index in [-0.39, 0.29) is 13.2 Å². The fourth-order valence-electron chi connectivity index (χ4n) is 3.40. The van der Waals surface area contributed by atoms with Gasteiger partial charge in [-0.25, -0.2) is 0 Å². The third kappa shape index (κ3) is 7.41. The van der Waals surface area contributed by atoms with Crippen LogP contribution >= 0.6 is 11.6 Å². The van der Waals surface area contributed by atoms with E-state index in [1.165, 1.54) is 25.7 Å². The molecular formula is C20H33ClN2O3. The molecule has 0 saturated carbocycles. The maximum absolute atomic E-state index is 10.4. The Balaban J connectivity index is 1.90. The number of benzene rings is 1. The Morgan fingerprint density at radius 2 is 1.96 bits per heavy atom. The fraction of sp³-hybridized carbons (Fsp3) is 0.700. The minimum Gasteiger partial charge on any atom is -0.491 e. The number of nitrogens with zero attached hydrogens (tertiary/aromatic N) is 2. The topological polar surface area (TPSA) is 56.2 Å². The molecule has 1 aliphatic rings. The van der Waals surface area contributed by atoms with E-state index in [2.05, 4.69) is 16.7 Å². The molecule has 1 heterocycles. The number of halogens is 1. The van der Waals surface area contributed by atoms with Crippen molar-refractivity contribution in [3.8, 4) is 5.75 Å². The number of rotatable bonds is 10. The number of aliphatic hydroxyl groups is 2. The lowest BCUT2D eigenvalue weighted by atomic mass is 10.2. The summed E-state index contributed by atoms with van der Waals surface area (Å²) in [5, 5.41) is 20.2. The summed E-state index contributed by atoms with van der Waals surface area (Å²) in [6, 6.07) is 5.57. The summed E-state index contributed by atoms with van der Waals surface area (Å²) < 4.78 is 5.93. The van der Waals surface area contributed by atoms with Crippen LogP contribution in [-0.4, -0.2) is 72.1 Å². The first-order valence-electron chi connectivity index (χ1n) is 9.77. The van der Waals surface area contributed by atoms with Gasteiger partial charge in [-0.2, -0.15) is 0 Å². The van der Waals surface area contributed by atoms with Gasteiger partial charge in [0, 0.05) is 30.2 Å². The molecule has 1 aromatic rings. The molecule has 1 saturated heterocycles. The predicted molar refractivity (Wildman–Crippen MR) is 106 cm³/mol. The second-order valence-electron chi connectivity index (χ2n) is 7.02. The van der Waals surface area contributed by atoms with Crippen LogP contribution in [-0.2, 0) is 6.54 Å². The third-order valence-corrected chi connectivity index (χ3v) is 5.11. The van der Waals surface area contributed by atoms with Crippen molar-refractivity contribution in [2.45, 2.75) is 45.3 Å². The van der Waals surface area contributed by atoms with Gasteiger partial charge >= 0.3 is 0 Å². The van der Waals surface area contributed by atoms with Crippen LogP contribution in [0.4, 0.5) is 0 Å². The number of β-amino-alcohol motifs (C(OH)–C–C–N with tert-alkyl or cyclic N) is 1. The average Bonchev–Trinajstić information content (AvgIpc) is 2.89. The summed E-state index contributed by atoms with van der Waals surface area (Å²) >= 11 is 6.15. The zero-order chi connectivity index (χ0) is 18.8. The molecule has 0 radical (unpaired) electrons. The number of likely N-dealkylation sites (N-methyl/N-ethyl adjacent to an activating group) is 1. The highest BCUT2D eigenvalue weighted by Gasteiger charge is 2.16. The number of hydrogen-bond donors (Lipinski definition) is 2. The van der Waals surface area contributed by atoms with Gasteiger partial charge in [-0.05, 0) is 50.7 Å². The van der Waals surface area contributed by atoms with E-state index in [1.54, 1.807) is 0 Å². The third-order valence-electron chi connectivity index (χ3n) is 4.88. The van der Waals surface area contributed by atoms with Gasteiger partial charge < -0.3 is 19.8 Å². The Morgan fingerprint density at radius 3 is 2.62 bits per heavy atom. The molecule has 26 heavy (non-hydrogen) atoms. The molecule has 2 N–H and O–H groups in total. The lowest BCUT2D eigenvalue weighted by Gasteiger charge is -2.24. The Labute approximate surface area is 162 Å². The molecule has 0 amide bonds. The minimum atomic E-state index is -0.503. The first kappa shape index (κ1) is 21.5. The fourth-order valence-corrected chi connectivity index (χ4v) is 3.59. The largest absolute Gasteiger partial charge is 0.491 e. The van der Waals surface area contributed by atoms with Crippen LogP contribution in [0, 0.1) is 0 Å². The molecule has 1 aromatic carbocycles. The van der Waals surface area contributed by atoms with Crippen molar-refractivity contribution in [3.63, 3.8) is 0 Å². The molecule has 2 rings (SSSR count). The van der Waals surface area contributed by atoms with Crippen LogP contribution in [0.15, 0.2) is 18.2 Å². The highest BCUT2D eigenvalue weighted by atomic mass is 35.5. The predicted octanol–water partition coefficient (Wildman–Crippen LogP) is 2.77. The van der Waals surface area contributed by atoms with Crippen molar-refractivity contribution in [2.24, 2.45) is 0 Å². The van der Waals surface area contributed by atoms with Crippen molar-refractivity contribution in [2.75, 3.05) is 45.9 Å². The van der Waals surface area contributed by atoms with E-state index in [9.17, 15) is 10.2 Å². The molecule has 1 aliphatic heterocycles. The van der Waals surface area contributed by atoms with Crippen molar-refractivity contribution in [1.29, 1.82) is 0 Å². The number of hydrogen-bond acceptors (Lipinski definition) is 5. The smallest absolute Gasteiger partial charge is 0.124 e. The van der Waals surface area contributed by atoms with Gasteiger partial charge in [0.25, 0.3) is 0 Å². The maximum atomic E-state index is 10.4. The summed E-state index contributed by atoms with van der Waals surface area (Å²) in [5.41, 5.74) is 0.981. The van der Waals surface area contributed by atoms with Crippen molar-refractivity contribution >= 4 is 11.6 Å². The molecule has 148 valence electrons. The second-order valence-corrected chi connectivity index (χ2v) is 7.46. The summed E-state index contributed by atoms with van der Waals surface area (Å²) in [6.45, 7) is 7.36. The average molecular weight is 385 g/mol. The standard InChI is InChI=1S/C20H33ClN2O3/c1-2-22(11-12-24)14-17-13-18(21)7-8-20(17)26-16-19(25)15-23-9-5-3-4-6-10-23/h7-8,13,19,24-25H,2-6,9-12,14-16H2,1H3/t19-/m1/s1. The number of aliphatic hydroxyl groups excluding tert-OH is 2. The summed E-state index contributed by atoms with van der Waals surface area (Å²) in [6.07, 6.45) is 4.51. The Kier molecular flexibility index (Phi) is 9.72. The lowest BCUT2D eigenvalue weighted by Crippen LogP contribution is -2.36. The molecule has 0 unspecified atom stereocenters. The van der Waals surface area contributed by atoms with Crippen LogP contribution in [0.3, 0.4) is 0 Å². The Bertz CT molecular complexity index is 522. The van der Waals surface area contributed by atoms with E-state index < -0.39 is 6.10 Å². The first-order chi connectivity index (χ1) is 12.6. The normalized spacial score (nSPS) is 17.3. The van der Waals surface area contributed by atoms with Crippen LogP contribution in [0.1, 0.15) is 38.2 Å². The molecule has 1 atom stereocenters. The molecule has 0 aliphatic carbocycles. The quantitative estimate of drug-likeness (QED) is 0.649. The van der Waals surface area contributed by atoms with Crippen molar-refractivity contribution in [1.82, 2.24) is 9.80 Å². The summed E-state index contributed by atoms with van der Waals surface area (Å²) in [5.74, 6) is 0.751. The van der Waals surface area contributed by atoms with Crippen LogP contribution < -0.4 is 4.74 Å². The Hall–Kier alpha value is -0.850. The van der Waals surface area contributed by atoms with E-state index >= 15 is 0 Å². The zero-order valence-electron chi connectivity index (χ0n) is 15.9. The SMILES string of the molecule is CCN(CCO)Cc1cc(Cl)ccc1OC[C@H](O)CN1CCCCCC1. The van der Waals surface area contributed by atoms with Crippen LogP contribution in [0.5, 0.6) is 5.75 Å². The summed E-state index contributed by atoms with van der Waals surface area (Å²) in [4.78, 5) is 4.47. The van der Waals surface area contributed by atoms with E-state index in [4.69, 9.17) is 16.3 Å². The van der Waals surface area contributed by atoms with Gasteiger partial charge in [0.05, 0.1) is 6.61 Å². The van der Waals surface area contributed by atoms with Gasteiger partial charge in [-0.15, -0.1) is 0 Å². The van der Waals surface area contributed by atoms with Crippen LogP contribution in [0.2, 0.25) is 5.02 Å². The Morgan fingerprint density at radius 1 is 1.23 bits per heavy atom. The highest BCUT2D eigenvalue weighted by molar-refractivity contribution is 6.30. The highest BCUT2D eigenvalue weighted by Crippen LogP contribution is 2.24. The first-order valence-corrected chi connectivity index (χ1v) is 10.1. The molecule has 0 bridgehead atoms. The van der Waals surface area contributed by atoms with E-state index in [1.807, 2.05) is 18.2 Å². The van der Waals surface area contributed by atoms with Crippen LogP contribution in [0.25, 0.3) is 0 Å². The molecule has 0 spiro atoms. The van der Waals surface area contributed by atoms with Gasteiger partial charge in [-0.3, -0.25) is 4.90 Å². The van der Waals surface area contributed by atoms with E-state index in [0.29, 0.717) is 24.7 Å². The molecule has 1 fully saturated rings. The molecule has 6 heteroatoms. The van der Waals surface area contributed by atoms with Gasteiger partial charge in [-0.1, -0.05) is 31.4 Å². The zero-order valence-corrected chi connectivity index (χ0v) is 16.6. The molecule has 0 aromatic heterocycles. The minimum absolute atomic E-state index is 0.124. The number of likely N-dealkylation sites (tertiary alicyclic amines) is 1. The maximum Gasteiger partial charge on any atom is 0.124 e. The van der Waals surface area contributed by atoms with Gasteiger partial charge in [0.1, 0.15) is 18.5 Å². The molecule has 5 nitrogen and oxygen atoms in total. The van der Waals surface area contributed by atoms with Crippen molar-refractivity contribution in [3.05, 3.63) is 28.8 Å². The second kappa shape index (κ2) is 11.8. The molecular weight excluding hydrogens is 352 g/mol. The van der Waals surface area contributed by atoms with Crippen molar-refractivity contribution < 1.29 is 14.9 Å². The van der Waals surface area contributed by atoms with Gasteiger partial charge in [0.2, 0.25) is 0 Å². The number of ether oxygens (including phenoxy) is 1. The van der Waals surface area contributed by atoms with Gasteiger partial charge in [0.15, 0.2) is 0 Å². The van der Waals surface area contributed by atoms with E-state index in [0.717, 1.165) is 30.9 Å².